The molecule has 2 aromatic heterocycles. The van der Waals surface area contributed by atoms with E-state index in [4.69, 9.17) is 4.74 Å². The van der Waals surface area contributed by atoms with Gasteiger partial charge in [0.2, 0.25) is 5.88 Å². The van der Waals surface area contributed by atoms with Crippen LogP contribution < -0.4 is 10.1 Å². The summed E-state index contributed by atoms with van der Waals surface area (Å²) in [5, 5.41) is 16.0. The number of carbonyl (C=O) groups excluding carboxylic acids is 1. The summed E-state index contributed by atoms with van der Waals surface area (Å²) >= 11 is 0. The van der Waals surface area contributed by atoms with Gasteiger partial charge in [-0.1, -0.05) is 6.42 Å². The Morgan fingerprint density at radius 2 is 2.04 bits per heavy atom. The molecule has 1 fully saturated rings. The van der Waals surface area contributed by atoms with Gasteiger partial charge in [0.15, 0.2) is 5.54 Å². The first-order valence-electron chi connectivity index (χ1n) is 9.09. The van der Waals surface area contributed by atoms with E-state index in [1.807, 2.05) is 0 Å². The number of aliphatic carboxylic acids is 1. The number of amides is 1. The van der Waals surface area contributed by atoms with E-state index in [0.717, 1.165) is 25.7 Å². The van der Waals surface area contributed by atoms with Gasteiger partial charge in [-0.05, 0) is 45.6 Å². The highest BCUT2D eigenvalue weighted by Gasteiger charge is 2.30. The second-order valence-electron chi connectivity index (χ2n) is 7.25. The van der Waals surface area contributed by atoms with Crippen molar-refractivity contribution < 1.29 is 19.4 Å². The normalized spacial score (nSPS) is 15.3. The van der Waals surface area contributed by atoms with E-state index in [2.05, 4.69) is 15.4 Å². The van der Waals surface area contributed by atoms with Crippen LogP contribution in [0.1, 0.15) is 56.3 Å². The maximum Gasteiger partial charge on any atom is 0.331 e. The fourth-order valence-electron chi connectivity index (χ4n) is 2.96. The molecule has 0 bridgehead atoms. The first-order chi connectivity index (χ1) is 12.9. The van der Waals surface area contributed by atoms with Crippen LogP contribution in [0.3, 0.4) is 0 Å². The maximum atomic E-state index is 12.5. The summed E-state index contributed by atoms with van der Waals surface area (Å²) in [6, 6.07) is 3.23. The molecule has 8 heteroatoms. The highest BCUT2D eigenvalue weighted by Crippen LogP contribution is 2.23. The van der Waals surface area contributed by atoms with Crippen LogP contribution in [-0.4, -0.2) is 37.9 Å². The van der Waals surface area contributed by atoms with Crippen LogP contribution in [0.2, 0.25) is 0 Å². The minimum Gasteiger partial charge on any atom is -0.479 e. The van der Waals surface area contributed by atoms with Crippen molar-refractivity contribution >= 4 is 17.6 Å². The zero-order valence-electron chi connectivity index (χ0n) is 15.5. The first kappa shape index (κ1) is 18.9. The van der Waals surface area contributed by atoms with Gasteiger partial charge >= 0.3 is 5.97 Å². The van der Waals surface area contributed by atoms with Gasteiger partial charge in [0.1, 0.15) is 6.10 Å². The molecular weight excluding hydrogens is 348 g/mol. The summed E-state index contributed by atoms with van der Waals surface area (Å²) in [6.07, 6.45) is 10.2. The van der Waals surface area contributed by atoms with Gasteiger partial charge in [-0.15, -0.1) is 0 Å². The third-order valence-electron chi connectivity index (χ3n) is 4.77. The molecule has 3 rings (SSSR count). The van der Waals surface area contributed by atoms with Crippen molar-refractivity contribution in [1.82, 2.24) is 14.8 Å². The average Bonchev–Trinajstić information content (AvgIpc) is 3.12. The highest BCUT2D eigenvalue weighted by atomic mass is 16.5. The summed E-state index contributed by atoms with van der Waals surface area (Å²) in [6.45, 7) is 3.07. The molecule has 0 unspecified atom stereocenters. The Bertz CT molecular complexity index is 825. The molecule has 0 radical (unpaired) electrons. The van der Waals surface area contributed by atoms with Crippen molar-refractivity contribution in [1.29, 1.82) is 0 Å². The van der Waals surface area contributed by atoms with Gasteiger partial charge in [0.25, 0.3) is 5.91 Å². The fourth-order valence-corrected chi connectivity index (χ4v) is 2.96. The Morgan fingerprint density at radius 1 is 1.30 bits per heavy atom. The molecule has 2 aromatic rings. The topological polar surface area (TPSA) is 106 Å². The van der Waals surface area contributed by atoms with Crippen molar-refractivity contribution in [2.75, 3.05) is 5.32 Å². The molecule has 1 amide bonds. The number of hydrogen-bond acceptors (Lipinski definition) is 5. The van der Waals surface area contributed by atoms with E-state index in [1.165, 1.54) is 37.3 Å². The van der Waals surface area contributed by atoms with Crippen LogP contribution in [0.15, 0.2) is 30.7 Å². The predicted octanol–water partition coefficient (Wildman–Crippen LogP) is 3.06. The Morgan fingerprint density at radius 3 is 2.74 bits per heavy atom. The van der Waals surface area contributed by atoms with Gasteiger partial charge in [-0.25, -0.2) is 9.78 Å². The standard InChI is InChI=1S/C19H24N4O4/c1-19(2,18(25)26)23-12-14(11-21-23)22-17(24)13-8-9-20-16(10-13)27-15-6-4-3-5-7-15/h8-12,15H,3-7H2,1-2H3,(H,22,24)(H,25,26). The number of hydrogen-bond donors (Lipinski definition) is 2. The summed E-state index contributed by atoms with van der Waals surface area (Å²) in [4.78, 5) is 28.0. The highest BCUT2D eigenvalue weighted by molar-refractivity contribution is 6.04. The minimum atomic E-state index is -1.21. The van der Waals surface area contributed by atoms with Gasteiger partial charge in [-0.3, -0.25) is 9.48 Å². The van der Waals surface area contributed by atoms with E-state index >= 15 is 0 Å². The lowest BCUT2D eigenvalue weighted by atomic mass is 9.98. The maximum absolute atomic E-state index is 12.5. The number of nitrogens with one attached hydrogen (secondary N) is 1. The lowest BCUT2D eigenvalue weighted by molar-refractivity contribution is -0.146. The number of carboxylic acids is 1. The second-order valence-corrected chi connectivity index (χ2v) is 7.25. The fraction of sp³-hybridized carbons (Fsp3) is 0.474. The van der Waals surface area contributed by atoms with E-state index in [-0.39, 0.29) is 12.0 Å². The van der Waals surface area contributed by atoms with Crippen molar-refractivity contribution in [2.24, 2.45) is 0 Å². The zero-order chi connectivity index (χ0) is 19.4. The third-order valence-corrected chi connectivity index (χ3v) is 4.77. The molecule has 27 heavy (non-hydrogen) atoms. The number of nitrogens with zero attached hydrogens (tertiary/aromatic N) is 3. The summed E-state index contributed by atoms with van der Waals surface area (Å²) < 4.78 is 7.20. The van der Waals surface area contributed by atoms with Crippen molar-refractivity contribution in [3.8, 4) is 5.88 Å². The van der Waals surface area contributed by atoms with Gasteiger partial charge in [0, 0.05) is 24.0 Å². The molecule has 1 aliphatic carbocycles. The van der Waals surface area contributed by atoms with E-state index in [9.17, 15) is 14.7 Å². The molecule has 0 atom stereocenters. The Kier molecular flexibility index (Phi) is 5.43. The van der Waals surface area contributed by atoms with Gasteiger partial charge in [0.05, 0.1) is 11.9 Å². The van der Waals surface area contributed by atoms with Crippen LogP contribution in [0.4, 0.5) is 5.69 Å². The van der Waals surface area contributed by atoms with Crippen LogP contribution in [0.5, 0.6) is 5.88 Å². The van der Waals surface area contributed by atoms with Crippen LogP contribution in [-0.2, 0) is 10.3 Å². The van der Waals surface area contributed by atoms with Crippen molar-refractivity contribution in [3.63, 3.8) is 0 Å². The molecular formula is C19H24N4O4. The Labute approximate surface area is 157 Å². The van der Waals surface area contributed by atoms with Gasteiger partial charge in [-0.2, -0.15) is 5.10 Å². The number of carbonyl (C=O) groups is 2. The van der Waals surface area contributed by atoms with E-state index < -0.39 is 11.5 Å². The largest absolute Gasteiger partial charge is 0.479 e. The lowest BCUT2D eigenvalue weighted by Gasteiger charge is -2.22. The SMILES string of the molecule is CC(C)(C(=O)O)n1cc(NC(=O)c2ccnc(OC3CCCCC3)c2)cn1. The summed E-state index contributed by atoms with van der Waals surface area (Å²) in [5.74, 6) is -0.905. The predicted molar refractivity (Wildman–Crippen MR) is 98.9 cm³/mol. The Hall–Kier alpha value is -2.90. The van der Waals surface area contributed by atoms with Crippen LogP contribution in [0, 0.1) is 0 Å². The van der Waals surface area contributed by atoms with Crippen LogP contribution in [0.25, 0.3) is 0 Å². The molecule has 1 saturated carbocycles. The monoisotopic (exact) mass is 372 g/mol. The summed E-state index contributed by atoms with van der Waals surface area (Å²) in [5.41, 5.74) is -0.373. The van der Waals surface area contributed by atoms with E-state index in [0.29, 0.717) is 17.1 Å². The third kappa shape index (κ3) is 4.45. The molecule has 0 saturated heterocycles. The number of anilines is 1. The quantitative estimate of drug-likeness (QED) is 0.807. The smallest absolute Gasteiger partial charge is 0.331 e. The lowest BCUT2D eigenvalue weighted by Crippen LogP contribution is -2.35. The van der Waals surface area contributed by atoms with Crippen molar-refractivity contribution in [2.45, 2.75) is 57.6 Å². The average molecular weight is 372 g/mol. The van der Waals surface area contributed by atoms with Gasteiger partial charge < -0.3 is 15.2 Å². The number of aromatic nitrogens is 3. The molecule has 1 aliphatic rings. The number of ether oxygens (including phenoxy) is 1. The first-order valence-corrected chi connectivity index (χ1v) is 9.09. The molecule has 144 valence electrons. The van der Waals surface area contributed by atoms with Crippen molar-refractivity contribution in [3.05, 3.63) is 36.3 Å². The second kappa shape index (κ2) is 7.77. The number of carboxylic acid groups (broad SMARTS) is 1. The Balaban J connectivity index is 1.67. The molecule has 2 N–H and O–H groups in total. The summed E-state index contributed by atoms with van der Waals surface area (Å²) in [7, 11) is 0. The number of rotatable bonds is 6. The molecule has 2 heterocycles. The molecule has 0 aliphatic heterocycles. The zero-order valence-corrected chi connectivity index (χ0v) is 15.5. The molecule has 0 aromatic carbocycles. The van der Waals surface area contributed by atoms with Crippen LogP contribution >= 0.6 is 0 Å². The minimum absolute atomic E-state index is 0.154. The molecule has 0 spiro atoms. The number of pyridine rings is 1. The molecule has 8 nitrogen and oxygen atoms in total. The van der Waals surface area contributed by atoms with E-state index in [1.54, 1.807) is 18.3 Å².